The van der Waals surface area contributed by atoms with Gasteiger partial charge in [-0.25, -0.2) is 4.98 Å². The van der Waals surface area contributed by atoms with Gasteiger partial charge < -0.3 is 16.2 Å². The molecule has 0 saturated heterocycles. The Kier molecular flexibility index (Phi) is 2.57. The predicted molar refractivity (Wildman–Crippen MR) is 44.5 cm³/mol. The third-order valence-corrected chi connectivity index (χ3v) is 1.45. The summed E-state index contributed by atoms with van der Waals surface area (Å²) in [6.07, 6.45) is -4.18. The molecule has 4 N–H and O–H groups in total. The van der Waals surface area contributed by atoms with Crippen molar-refractivity contribution in [3.63, 3.8) is 0 Å². The Hall–Kier alpha value is -2.17. The molecular formula is C7H5F3N4O. The van der Waals surface area contributed by atoms with Crippen molar-refractivity contribution >= 4 is 11.5 Å². The summed E-state index contributed by atoms with van der Waals surface area (Å²) in [6.45, 7) is 0. The van der Waals surface area contributed by atoms with Crippen molar-refractivity contribution in [2.24, 2.45) is 0 Å². The number of ether oxygens (including phenoxy) is 1. The summed E-state index contributed by atoms with van der Waals surface area (Å²) in [5, 5.41) is 8.54. The number of nitrogen functional groups attached to an aromatic ring is 2. The molecule has 5 nitrogen and oxygen atoms in total. The van der Waals surface area contributed by atoms with E-state index in [-0.39, 0.29) is 11.4 Å². The molecule has 0 unspecified atom stereocenters. The zero-order valence-electron chi connectivity index (χ0n) is 7.17. The maximum Gasteiger partial charge on any atom is 0.573 e. The van der Waals surface area contributed by atoms with Gasteiger partial charge in [-0.1, -0.05) is 0 Å². The first kappa shape index (κ1) is 10.9. The van der Waals surface area contributed by atoms with E-state index in [4.69, 9.17) is 16.7 Å². The van der Waals surface area contributed by atoms with Crippen LogP contribution >= 0.6 is 0 Å². The van der Waals surface area contributed by atoms with Gasteiger partial charge in [-0.05, 0) is 0 Å². The number of aromatic nitrogens is 1. The van der Waals surface area contributed by atoms with E-state index in [1.807, 2.05) is 0 Å². The summed E-state index contributed by atoms with van der Waals surface area (Å²) < 4.78 is 39.0. The highest BCUT2D eigenvalue weighted by Gasteiger charge is 2.32. The quantitative estimate of drug-likeness (QED) is 0.733. The molecule has 0 aliphatic carbocycles. The summed E-state index contributed by atoms with van der Waals surface area (Å²) in [5.74, 6) is -0.988. The number of pyridine rings is 1. The average molecular weight is 218 g/mol. The lowest BCUT2D eigenvalue weighted by Crippen LogP contribution is -2.18. The van der Waals surface area contributed by atoms with Gasteiger partial charge in [0, 0.05) is 0 Å². The highest BCUT2D eigenvalue weighted by Crippen LogP contribution is 2.31. The lowest BCUT2D eigenvalue weighted by atomic mass is 10.2. The first-order chi connectivity index (χ1) is 6.85. The number of anilines is 2. The van der Waals surface area contributed by atoms with E-state index >= 15 is 0 Å². The van der Waals surface area contributed by atoms with Gasteiger partial charge in [0.15, 0.2) is 5.75 Å². The second-order valence-electron chi connectivity index (χ2n) is 2.46. The van der Waals surface area contributed by atoms with Crippen LogP contribution in [0.1, 0.15) is 5.56 Å². The fraction of sp³-hybridized carbons (Fsp3) is 0.143. The lowest BCUT2D eigenvalue weighted by Gasteiger charge is -2.11. The molecule has 1 rings (SSSR count). The van der Waals surface area contributed by atoms with E-state index in [9.17, 15) is 13.2 Å². The lowest BCUT2D eigenvalue weighted by molar-refractivity contribution is -0.274. The third kappa shape index (κ3) is 2.40. The van der Waals surface area contributed by atoms with Gasteiger partial charge in [0.2, 0.25) is 0 Å². The Balaban J connectivity index is 3.18. The van der Waals surface area contributed by atoms with Crippen LogP contribution in [0.4, 0.5) is 24.7 Å². The number of nitrogens with two attached hydrogens (primary N) is 2. The first-order valence-corrected chi connectivity index (χ1v) is 3.55. The highest BCUT2D eigenvalue weighted by molar-refractivity contribution is 5.69. The van der Waals surface area contributed by atoms with Crippen LogP contribution in [0.2, 0.25) is 0 Å². The van der Waals surface area contributed by atoms with Gasteiger partial charge in [0.25, 0.3) is 0 Å². The van der Waals surface area contributed by atoms with Crippen molar-refractivity contribution in [3.05, 3.63) is 11.8 Å². The molecule has 0 bridgehead atoms. The Morgan fingerprint density at radius 3 is 2.47 bits per heavy atom. The van der Waals surface area contributed by atoms with Crippen LogP contribution in [-0.2, 0) is 0 Å². The Morgan fingerprint density at radius 2 is 2.00 bits per heavy atom. The molecule has 80 valence electrons. The summed E-state index contributed by atoms with van der Waals surface area (Å²) in [4.78, 5) is 3.35. The topological polar surface area (TPSA) is 98.0 Å². The molecule has 8 heteroatoms. The minimum atomic E-state index is -4.89. The average Bonchev–Trinajstić information content (AvgIpc) is 2.09. The molecule has 0 atom stereocenters. The van der Waals surface area contributed by atoms with Crippen LogP contribution in [0.25, 0.3) is 0 Å². The minimum Gasteiger partial charge on any atom is -0.402 e. The molecule has 0 saturated carbocycles. The van der Waals surface area contributed by atoms with Gasteiger partial charge in [-0.2, -0.15) is 5.26 Å². The van der Waals surface area contributed by atoms with Gasteiger partial charge in [-0.3, -0.25) is 0 Å². The molecule has 0 aliphatic heterocycles. The van der Waals surface area contributed by atoms with Crippen molar-refractivity contribution in [2.45, 2.75) is 6.36 Å². The van der Waals surface area contributed by atoms with Crippen LogP contribution in [0.5, 0.6) is 5.75 Å². The number of halogens is 3. The van der Waals surface area contributed by atoms with Crippen LogP contribution in [0.15, 0.2) is 6.20 Å². The van der Waals surface area contributed by atoms with E-state index in [1.165, 1.54) is 6.07 Å². The Labute approximate surface area is 82.1 Å². The maximum absolute atomic E-state index is 11.8. The number of nitriles is 1. The van der Waals surface area contributed by atoms with Gasteiger partial charge in [0.05, 0.1) is 11.9 Å². The van der Waals surface area contributed by atoms with Crippen molar-refractivity contribution in [1.82, 2.24) is 4.98 Å². The van der Waals surface area contributed by atoms with Gasteiger partial charge in [0.1, 0.15) is 17.5 Å². The first-order valence-electron chi connectivity index (χ1n) is 3.55. The largest absolute Gasteiger partial charge is 0.573 e. The standard InChI is InChI=1S/C7H5F3N4O/c8-7(9,10)15-4-2-14-6(13)3(1-11)5(4)12/h2H,(H4,12,13,14). The molecule has 0 fully saturated rings. The Morgan fingerprint density at radius 1 is 1.40 bits per heavy atom. The molecule has 1 aromatic heterocycles. The molecule has 1 heterocycles. The molecular weight excluding hydrogens is 213 g/mol. The molecule has 0 aromatic carbocycles. The third-order valence-electron chi connectivity index (χ3n) is 1.45. The monoisotopic (exact) mass is 218 g/mol. The SMILES string of the molecule is N#Cc1c(N)ncc(OC(F)(F)F)c1N. The number of rotatable bonds is 1. The maximum atomic E-state index is 11.8. The zero-order valence-corrected chi connectivity index (χ0v) is 7.17. The smallest absolute Gasteiger partial charge is 0.402 e. The van der Waals surface area contributed by atoms with Crippen LogP contribution in [0.3, 0.4) is 0 Å². The molecule has 0 spiro atoms. The van der Waals surface area contributed by atoms with Crippen LogP contribution in [0, 0.1) is 11.3 Å². The summed E-state index contributed by atoms with van der Waals surface area (Å²) >= 11 is 0. The predicted octanol–water partition coefficient (Wildman–Crippen LogP) is 1.02. The van der Waals surface area contributed by atoms with Crippen LogP contribution < -0.4 is 16.2 Å². The van der Waals surface area contributed by atoms with Crippen LogP contribution in [-0.4, -0.2) is 11.3 Å². The normalized spacial score (nSPS) is 10.8. The van der Waals surface area contributed by atoms with Crippen molar-refractivity contribution < 1.29 is 17.9 Å². The van der Waals surface area contributed by atoms with E-state index in [0.717, 1.165) is 0 Å². The number of nitrogens with zero attached hydrogens (tertiary/aromatic N) is 2. The van der Waals surface area contributed by atoms with E-state index in [0.29, 0.717) is 6.20 Å². The zero-order chi connectivity index (χ0) is 11.6. The minimum absolute atomic E-state index is 0.246. The molecule has 0 radical (unpaired) electrons. The number of alkyl halides is 3. The number of hydrogen-bond acceptors (Lipinski definition) is 5. The fourth-order valence-corrected chi connectivity index (χ4v) is 0.847. The van der Waals surface area contributed by atoms with Crippen molar-refractivity contribution in [2.75, 3.05) is 11.5 Å². The molecule has 0 aliphatic rings. The second kappa shape index (κ2) is 3.53. The molecule has 0 amide bonds. The fourth-order valence-electron chi connectivity index (χ4n) is 0.847. The van der Waals surface area contributed by atoms with Gasteiger partial charge >= 0.3 is 6.36 Å². The van der Waals surface area contributed by atoms with Crippen molar-refractivity contribution in [3.8, 4) is 11.8 Å². The highest BCUT2D eigenvalue weighted by atomic mass is 19.4. The molecule has 15 heavy (non-hydrogen) atoms. The van der Waals surface area contributed by atoms with E-state index < -0.39 is 17.8 Å². The summed E-state index contributed by atoms with van der Waals surface area (Å²) in [6, 6.07) is 1.53. The Bertz CT molecular complexity index is 423. The van der Waals surface area contributed by atoms with Gasteiger partial charge in [-0.15, -0.1) is 13.2 Å². The summed E-state index contributed by atoms with van der Waals surface area (Å²) in [5.41, 5.74) is 9.63. The second-order valence-corrected chi connectivity index (χ2v) is 2.46. The number of hydrogen-bond donors (Lipinski definition) is 2. The van der Waals surface area contributed by atoms with E-state index in [1.54, 1.807) is 0 Å². The summed E-state index contributed by atoms with van der Waals surface area (Å²) in [7, 11) is 0. The molecule has 1 aromatic rings. The van der Waals surface area contributed by atoms with Crippen molar-refractivity contribution in [1.29, 1.82) is 5.26 Å². The van der Waals surface area contributed by atoms with E-state index in [2.05, 4.69) is 9.72 Å².